The van der Waals surface area contributed by atoms with Crippen LogP contribution >= 0.6 is 34.2 Å². The summed E-state index contributed by atoms with van der Waals surface area (Å²) >= 11 is 7.97. The van der Waals surface area contributed by atoms with Crippen molar-refractivity contribution >= 4 is 45.8 Å². The van der Waals surface area contributed by atoms with Gasteiger partial charge in [-0.25, -0.2) is 0 Å². The van der Waals surface area contributed by atoms with Crippen molar-refractivity contribution in [3.8, 4) is 5.75 Å². The fourth-order valence-corrected chi connectivity index (χ4v) is 2.45. The van der Waals surface area contributed by atoms with E-state index in [4.69, 9.17) is 16.3 Å². The highest BCUT2D eigenvalue weighted by Crippen LogP contribution is 2.22. The topological polar surface area (TPSA) is 38.3 Å². The van der Waals surface area contributed by atoms with E-state index in [-0.39, 0.29) is 12.5 Å². The second kappa shape index (κ2) is 6.77. The van der Waals surface area contributed by atoms with Crippen LogP contribution < -0.4 is 10.1 Å². The number of carbonyl (C=O) groups is 1. The monoisotopic (exact) mass is 387 g/mol. The number of hydrogen-bond donors (Lipinski definition) is 1. The SMILES string of the molecule is O=C(COc1ccccc1)Nc1ccc(Cl)cc1I. The molecular weight excluding hydrogens is 377 g/mol. The lowest BCUT2D eigenvalue weighted by Crippen LogP contribution is -2.20. The highest BCUT2D eigenvalue weighted by atomic mass is 127. The fraction of sp³-hybridized carbons (Fsp3) is 0.0714. The summed E-state index contributed by atoms with van der Waals surface area (Å²) in [5.74, 6) is 0.465. The van der Waals surface area contributed by atoms with E-state index in [1.165, 1.54) is 0 Å². The van der Waals surface area contributed by atoms with Crippen LogP contribution in [-0.4, -0.2) is 12.5 Å². The number of halogens is 2. The third-order valence-corrected chi connectivity index (χ3v) is 3.45. The summed E-state index contributed by atoms with van der Waals surface area (Å²) in [6.45, 7) is -0.0251. The molecule has 2 aromatic carbocycles. The van der Waals surface area contributed by atoms with Crippen LogP contribution in [0.5, 0.6) is 5.75 Å². The molecule has 0 aromatic heterocycles. The van der Waals surface area contributed by atoms with Gasteiger partial charge >= 0.3 is 0 Å². The molecule has 19 heavy (non-hydrogen) atoms. The molecule has 1 amide bonds. The molecule has 0 aliphatic carbocycles. The first kappa shape index (κ1) is 14.1. The summed E-state index contributed by atoms with van der Waals surface area (Å²) in [4.78, 5) is 11.8. The summed E-state index contributed by atoms with van der Waals surface area (Å²) in [6, 6.07) is 14.5. The largest absolute Gasteiger partial charge is 0.484 e. The van der Waals surface area contributed by atoms with Crippen molar-refractivity contribution in [1.29, 1.82) is 0 Å². The molecule has 0 radical (unpaired) electrons. The summed E-state index contributed by atoms with van der Waals surface area (Å²) in [5.41, 5.74) is 0.728. The van der Waals surface area contributed by atoms with E-state index in [1.54, 1.807) is 30.3 Å². The van der Waals surface area contributed by atoms with Crippen molar-refractivity contribution in [2.75, 3.05) is 11.9 Å². The van der Waals surface area contributed by atoms with Crippen molar-refractivity contribution in [3.05, 3.63) is 57.1 Å². The molecule has 0 aliphatic heterocycles. The van der Waals surface area contributed by atoms with E-state index in [1.807, 2.05) is 18.2 Å². The zero-order valence-corrected chi connectivity index (χ0v) is 12.8. The maximum atomic E-state index is 11.8. The molecule has 0 saturated carbocycles. The zero-order chi connectivity index (χ0) is 13.7. The van der Waals surface area contributed by atoms with Crippen LogP contribution in [-0.2, 0) is 4.79 Å². The molecule has 0 aliphatic rings. The number of benzene rings is 2. The van der Waals surface area contributed by atoms with Gasteiger partial charge in [-0.3, -0.25) is 4.79 Å². The molecule has 0 heterocycles. The lowest BCUT2D eigenvalue weighted by molar-refractivity contribution is -0.118. The molecule has 1 N–H and O–H groups in total. The van der Waals surface area contributed by atoms with Gasteiger partial charge in [0.25, 0.3) is 5.91 Å². The van der Waals surface area contributed by atoms with Crippen molar-refractivity contribution in [1.82, 2.24) is 0 Å². The van der Waals surface area contributed by atoms with Crippen molar-refractivity contribution in [3.63, 3.8) is 0 Å². The van der Waals surface area contributed by atoms with Crippen LogP contribution in [0.4, 0.5) is 5.69 Å². The predicted molar refractivity (Wildman–Crippen MR) is 84.7 cm³/mol. The Morgan fingerprint density at radius 3 is 2.63 bits per heavy atom. The van der Waals surface area contributed by atoms with Crippen molar-refractivity contribution in [2.24, 2.45) is 0 Å². The molecule has 0 fully saturated rings. The van der Waals surface area contributed by atoms with Gasteiger partial charge in [0, 0.05) is 8.59 Å². The minimum absolute atomic E-state index is 0.0251. The second-order valence-electron chi connectivity index (χ2n) is 3.77. The predicted octanol–water partition coefficient (Wildman–Crippen LogP) is 3.96. The summed E-state index contributed by atoms with van der Waals surface area (Å²) < 4.78 is 6.25. The van der Waals surface area contributed by atoms with Gasteiger partial charge in [0.15, 0.2) is 6.61 Å². The number of ether oxygens (including phenoxy) is 1. The Morgan fingerprint density at radius 2 is 1.95 bits per heavy atom. The maximum Gasteiger partial charge on any atom is 0.262 e. The Morgan fingerprint density at radius 1 is 1.21 bits per heavy atom. The molecule has 98 valence electrons. The van der Waals surface area contributed by atoms with Gasteiger partial charge in [0.1, 0.15) is 5.75 Å². The third kappa shape index (κ3) is 4.40. The Balaban J connectivity index is 1.91. The minimum Gasteiger partial charge on any atom is -0.484 e. The van der Waals surface area contributed by atoms with Crippen LogP contribution in [0.2, 0.25) is 5.02 Å². The van der Waals surface area contributed by atoms with E-state index in [0.717, 1.165) is 9.26 Å². The van der Waals surface area contributed by atoms with E-state index in [0.29, 0.717) is 10.8 Å². The number of nitrogens with one attached hydrogen (secondary N) is 1. The van der Waals surface area contributed by atoms with E-state index in [9.17, 15) is 4.79 Å². The lowest BCUT2D eigenvalue weighted by Gasteiger charge is -2.09. The Labute approximate surface area is 130 Å². The molecule has 0 bridgehead atoms. The molecular formula is C14H11ClINO2. The molecule has 3 nitrogen and oxygen atoms in total. The van der Waals surface area contributed by atoms with Crippen molar-refractivity contribution in [2.45, 2.75) is 0 Å². The Hall–Kier alpha value is -1.27. The van der Waals surface area contributed by atoms with Gasteiger partial charge in [-0.1, -0.05) is 29.8 Å². The van der Waals surface area contributed by atoms with E-state index >= 15 is 0 Å². The fourth-order valence-electron chi connectivity index (χ4n) is 1.44. The summed E-state index contributed by atoms with van der Waals surface area (Å²) in [7, 11) is 0. The summed E-state index contributed by atoms with van der Waals surface area (Å²) in [5, 5.41) is 3.42. The quantitative estimate of drug-likeness (QED) is 0.807. The smallest absolute Gasteiger partial charge is 0.262 e. The average Bonchev–Trinajstić information content (AvgIpc) is 2.41. The first-order valence-electron chi connectivity index (χ1n) is 5.58. The average molecular weight is 388 g/mol. The highest BCUT2D eigenvalue weighted by molar-refractivity contribution is 14.1. The number of amides is 1. The zero-order valence-electron chi connectivity index (χ0n) is 9.90. The van der Waals surface area contributed by atoms with Gasteiger partial charge in [-0.15, -0.1) is 0 Å². The van der Waals surface area contributed by atoms with Crippen molar-refractivity contribution < 1.29 is 9.53 Å². The molecule has 0 unspecified atom stereocenters. The van der Waals surface area contributed by atoms with Crippen LogP contribution in [0, 0.1) is 3.57 Å². The number of hydrogen-bond acceptors (Lipinski definition) is 2. The number of rotatable bonds is 4. The number of anilines is 1. The standard InChI is InChI=1S/C14H11ClINO2/c15-10-6-7-13(12(16)8-10)17-14(18)9-19-11-4-2-1-3-5-11/h1-8H,9H2,(H,17,18). The Bertz CT molecular complexity index is 575. The molecule has 0 spiro atoms. The lowest BCUT2D eigenvalue weighted by atomic mass is 10.3. The number of para-hydroxylation sites is 1. The molecule has 2 rings (SSSR count). The molecule has 0 atom stereocenters. The normalized spacial score (nSPS) is 10.0. The minimum atomic E-state index is -0.205. The van der Waals surface area contributed by atoms with E-state index < -0.39 is 0 Å². The maximum absolute atomic E-state index is 11.8. The van der Waals surface area contributed by atoms with Gasteiger partial charge in [-0.2, -0.15) is 0 Å². The van der Waals surface area contributed by atoms with Crippen LogP contribution in [0.25, 0.3) is 0 Å². The van der Waals surface area contributed by atoms with Gasteiger partial charge in [0.2, 0.25) is 0 Å². The first-order chi connectivity index (χ1) is 9.15. The molecule has 0 saturated heterocycles. The molecule has 2 aromatic rings. The van der Waals surface area contributed by atoms with Gasteiger partial charge < -0.3 is 10.1 Å². The first-order valence-corrected chi connectivity index (χ1v) is 7.03. The van der Waals surface area contributed by atoms with Crippen LogP contribution in [0.3, 0.4) is 0 Å². The van der Waals surface area contributed by atoms with Gasteiger partial charge in [-0.05, 0) is 52.9 Å². The Kier molecular flexibility index (Phi) is 5.04. The highest BCUT2D eigenvalue weighted by Gasteiger charge is 2.06. The third-order valence-electron chi connectivity index (χ3n) is 2.32. The summed E-state index contributed by atoms with van der Waals surface area (Å²) in [6.07, 6.45) is 0. The van der Waals surface area contributed by atoms with Crippen LogP contribution in [0.15, 0.2) is 48.5 Å². The number of carbonyl (C=O) groups excluding carboxylic acids is 1. The van der Waals surface area contributed by atoms with E-state index in [2.05, 4.69) is 27.9 Å². The second-order valence-corrected chi connectivity index (χ2v) is 5.37. The van der Waals surface area contributed by atoms with Gasteiger partial charge in [0.05, 0.1) is 5.69 Å². The molecule has 5 heteroatoms. The van der Waals surface area contributed by atoms with Crippen LogP contribution in [0.1, 0.15) is 0 Å².